The van der Waals surface area contributed by atoms with Gasteiger partial charge in [-0.25, -0.2) is 9.97 Å². The number of amides is 2. The van der Waals surface area contributed by atoms with Crippen molar-refractivity contribution in [1.29, 1.82) is 0 Å². The normalized spacial score (nSPS) is 16.5. The van der Waals surface area contributed by atoms with Crippen molar-refractivity contribution in [1.82, 2.24) is 15.3 Å². The summed E-state index contributed by atoms with van der Waals surface area (Å²) in [7, 11) is 0. The van der Waals surface area contributed by atoms with E-state index in [2.05, 4.69) is 31.2 Å². The van der Waals surface area contributed by atoms with Gasteiger partial charge in [0, 0.05) is 12.4 Å². The minimum absolute atomic E-state index is 0.105. The summed E-state index contributed by atoms with van der Waals surface area (Å²) in [6, 6.07) is 0. The van der Waals surface area contributed by atoms with Gasteiger partial charge in [0.25, 0.3) is 0 Å². The molecular weight excluding hydrogens is 264 g/mol. The molecule has 0 aliphatic carbocycles. The lowest BCUT2D eigenvalue weighted by molar-refractivity contribution is -0.130. The van der Waals surface area contributed by atoms with Crippen molar-refractivity contribution in [3.63, 3.8) is 0 Å². The van der Waals surface area contributed by atoms with E-state index in [0.29, 0.717) is 5.95 Å². The fraction of sp³-hybridized carbons (Fsp3) is 0.250. The summed E-state index contributed by atoms with van der Waals surface area (Å²) in [6.45, 7) is 0.209. The molecule has 1 aliphatic rings. The van der Waals surface area contributed by atoms with Gasteiger partial charge in [0.2, 0.25) is 17.8 Å². The lowest BCUT2D eigenvalue weighted by Crippen LogP contribution is -2.52. The van der Waals surface area contributed by atoms with E-state index in [1.165, 1.54) is 4.90 Å². The van der Waals surface area contributed by atoms with Crippen molar-refractivity contribution in [2.75, 3.05) is 18.0 Å². The van der Waals surface area contributed by atoms with Crippen LogP contribution in [0.4, 0.5) is 5.95 Å². The van der Waals surface area contributed by atoms with Gasteiger partial charge in [-0.2, -0.15) is 0 Å². The minimum Gasteiger partial charge on any atom is -0.322 e. The van der Waals surface area contributed by atoms with Gasteiger partial charge in [0.1, 0.15) is 13.1 Å². The quantitative estimate of drug-likeness (QED) is 0.710. The first kappa shape index (κ1) is 10.0. The number of aromatic nitrogens is 2. The Morgan fingerprint density at radius 1 is 1.20 bits per heavy atom. The fourth-order valence-electron chi connectivity index (χ4n) is 1.25. The number of imide groups is 1. The Hall–Kier alpha value is -1.50. The Kier molecular flexibility index (Phi) is 2.63. The Balaban J connectivity index is 2.19. The summed E-state index contributed by atoms with van der Waals surface area (Å²) < 4.78 is 0.749. The van der Waals surface area contributed by atoms with Gasteiger partial charge in [-0.05, 0) is 15.9 Å². The molecule has 15 heavy (non-hydrogen) atoms. The van der Waals surface area contributed by atoms with Gasteiger partial charge in [-0.3, -0.25) is 14.9 Å². The van der Waals surface area contributed by atoms with Crippen LogP contribution in [0, 0.1) is 0 Å². The van der Waals surface area contributed by atoms with Crippen molar-refractivity contribution in [2.45, 2.75) is 0 Å². The second-order valence-corrected chi connectivity index (χ2v) is 3.94. The molecular formula is C8H7BrN4O2. The van der Waals surface area contributed by atoms with E-state index in [-0.39, 0.29) is 24.9 Å². The van der Waals surface area contributed by atoms with E-state index in [9.17, 15) is 9.59 Å². The summed E-state index contributed by atoms with van der Waals surface area (Å²) >= 11 is 3.20. The molecule has 2 rings (SSSR count). The Labute approximate surface area is 93.8 Å². The molecule has 78 valence electrons. The molecule has 2 amide bonds. The van der Waals surface area contributed by atoms with Crippen LogP contribution >= 0.6 is 15.9 Å². The van der Waals surface area contributed by atoms with Crippen LogP contribution < -0.4 is 10.2 Å². The van der Waals surface area contributed by atoms with Crippen LogP contribution in [0.3, 0.4) is 0 Å². The standard InChI is InChI=1S/C8H7BrN4O2/c9-5-1-10-8(11-2-5)13-3-6(14)12-7(15)4-13/h1-2H,3-4H2,(H,12,14,15). The highest BCUT2D eigenvalue weighted by molar-refractivity contribution is 9.10. The number of anilines is 1. The highest BCUT2D eigenvalue weighted by Gasteiger charge is 2.23. The molecule has 0 bridgehead atoms. The predicted molar refractivity (Wildman–Crippen MR) is 55.1 cm³/mol. The number of piperazine rings is 1. The third kappa shape index (κ3) is 2.30. The first-order valence-corrected chi connectivity index (χ1v) is 4.99. The maximum atomic E-state index is 11.1. The zero-order valence-corrected chi connectivity index (χ0v) is 9.19. The number of carbonyl (C=O) groups excluding carboxylic acids is 2. The summed E-state index contributed by atoms with van der Waals surface area (Å²) in [6.07, 6.45) is 3.14. The minimum atomic E-state index is -0.335. The van der Waals surface area contributed by atoms with Gasteiger partial charge < -0.3 is 4.90 Å². The van der Waals surface area contributed by atoms with Crippen LogP contribution in [0.5, 0.6) is 0 Å². The molecule has 0 saturated carbocycles. The number of hydrogen-bond donors (Lipinski definition) is 1. The summed E-state index contributed by atoms with van der Waals surface area (Å²) in [5, 5.41) is 2.21. The Morgan fingerprint density at radius 2 is 1.73 bits per heavy atom. The van der Waals surface area contributed by atoms with E-state index in [4.69, 9.17) is 0 Å². The third-order valence-corrected chi connectivity index (χ3v) is 2.25. The molecule has 0 radical (unpaired) electrons. The largest absolute Gasteiger partial charge is 0.322 e. The first-order chi connectivity index (χ1) is 7.15. The number of halogens is 1. The van der Waals surface area contributed by atoms with Gasteiger partial charge >= 0.3 is 0 Å². The van der Waals surface area contributed by atoms with Crippen LogP contribution in [-0.4, -0.2) is 34.9 Å². The number of carbonyl (C=O) groups is 2. The number of hydrogen-bond acceptors (Lipinski definition) is 5. The molecule has 7 heteroatoms. The topological polar surface area (TPSA) is 75.2 Å². The molecule has 1 N–H and O–H groups in total. The summed E-state index contributed by atoms with van der Waals surface area (Å²) in [5.74, 6) is -0.295. The number of nitrogens with zero attached hydrogens (tertiary/aromatic N) is 3. The second-order valence-electron chi connectivity index (χ2n) is 3.03. The molecule has 0 aromatic carbocycles. The SMILES string of the molecule is O=C1CN(c2ncc(Br)cn2)CC(=O)N1. The lowest BCUT2D eigenvalue weighted by Gasteiger charge is -2.24. The average Bonchev–Trinajstić information content (AvgIpc) is 2.17. The van der Waals surface area contributed by atoms with Crippen molar-refractivity contribution in [3.05, 3.63) is 16.9 Å². The molecule has 1 fully saturated rings. The zero-order chi connectivity index (χ0) is 10.8. The van der Waals surface area contributed by atoms with Crippen LogP contribution in [-0.2, 0) is 9.59 Å². The van der Waals surface area contributed by atoms with E-state index in [1.54, 1.807) is 12.4 Å². The highest BCUT2D eigenvalue weighted by Crippen LogP contribution is 2.11. The van der Waals surface area contributed by atoms with Crippen LogP contribution in [0.1, 0.15) is 0 Å². The molecule has 2 heterocycles. The fourth-order valence-corrected chi connectivity index (χ4v) is 1.45. The number of nitrogens with one attached hydrogen (secondary N) is 1. The summed E-state index contributed by atoms with van der Waals surface area (Å²) in [4.78, 5) is 31.7. The van der Waals surface area contributed by atoms with Gasteiger partial charge in [-0.1, -0.05) is 0 Å². The Morgan fingerprint density at radius 3 is 2.27 bits per heavy atom. The highest BCUT2D eigenvalue weighted by atomic mass is 79.9. The van der Waals surface area contributed by atoms with Crippen molar-refractivity contribution in [2.24, 2.45) is 0 Å². The van der Waals surface area contributed by atoms with Crippen LogP contribution in [0.2, 0.25) is 0 Å². The molecule has 6 nitrogen and oxygen atoms in total. The maximum Gasteiger partial charge on any atom is 0.246 e. The molecule has 0 unspecified atom stereocenters. The van der Waals surface area contributed by atoms with Crippen LogP contribution in [0.15, 0.2) is 16.9 Å². The van der Waals surface area contributed by atoms with Crippen molar-refractivity contribution >= 4 is 33.7 Å². The molecule has 0 atom stereocenters. The maximum absolute atomic E-state index is 11.1. The van der Waals surface area contributed by atoms with Crippen molar-refractivity contribution < 1.29 is 9.59 Å². The lowest BCUT2D eigenvalue weighted by atomic mass is 10.3. The monoisotopic (exact) mass is 270 g/mol. The third-order valence-electron chi connectivity index (χ3n) is 1.84. The smallest absolute Gasteiger partial charge is 0.246 e. The van der Waals surface area contributed by atoms with E-state index >= 15 is 0 Å². The second kappa shape index (κ2) is 3.93. The molecule has 0 spiro atoms. The van der Waals surface area contributed by atoms with Gasteiger partial charge in [-0.15, -0.1) is 0 Å². The Bertz CT molecular complexity index is 390. The molecule has 1 saturated heterocycles. The molecule has 1 aromatic heterocycles. The first-order valence-electron chi connectivity index (χ1n) is 4.20. The zero-order valence-electron chi connectivity index (χ0n) is 7.61. The van der Waals surface area contributed by atoms with E-state index in [0.717, 1.165) is 4.47 Å². The number of rotatable bonds is 1. The molecule has 1 aliphatic heterocycles. The predicted octanol–water partition coefficient (Wildman–Crippen LogP) is -0.298. The summed E-state index contributed by atoms with van der Waals surface area (Å²) in [5.41, 5.74) is 0. The van der Waals surface area contributed by atoms with E-state index in [1.807, 2.05) is 0 Å². The van der Waals surface area contributed by atoms with Crippen molar-refractivity contribution in [3.8, 4) is 0 Å². The van der Waals surface area contributed by atoms with Gasteiger partial charge in [0.05, 0.1) is 4.47 Å². The molecule has 1 aromatic rings. The van der Waals surface area contributed by atoms with Crippen LogP contribution in [0.25, 0.3) is 0 Å². The van der Waals surface area contributed by atoms with E-state index < -0.39 is 0 Å². The average molecular weight is 271 g/mol. The van der Waals surface area contributed by atoms with Gasteiger partial charge in [0.15, 0.2) is 0 Å².